The standard InChI is InChI=1S/C21H24BF2NO5S/c1-20(2)21(3,4)30-22(29-20)17-11-14(9-10-25-31(27)28)18(24)12-16(17)19(26)13-5-7-15(23)8-6-13/h5-8,11-12,31H,9-10H2,1-4H3,(H,25,27,28). The molecular formula is C21H24BF2NO5S. The van der Waals surface area contributed by atoms with E-state index in [1.54, 1.807) is 0 Å². The SMILES string of the molecule is CC1(C)OB(c2cc(CCN[SH](=O)=O)c(F)cc2C(=O)c2ccc(F)cc2)OC1(C)C. The van der Waals surface area contributed by atoms with Crippen LogP contribution in [0.25, 0.3) is 0 Å². The lowest BCUT2D eigenvalue weighted by Gasteiger charge is -2.32. The van der Waals surface area contributed by atoms with Crippen molar-refractivity contribution in [2.75, 3.05) is 6.54 Å². The Kier molecular flexibility index (Phi) is 6.66. The van der Waals surface area contributed by atoms with E-state index < -0.39 is 46.6 Å². The number of hydrogen-bond donors (Lipinski definition) is 2. The van der Waals surface area contributed by atoms with Gasteiger partial charge in [-0.15, -0.1) is 0 Å². The van der Waals surface area contributed by atoms with Gasteiger partial charge in [0.25, 0.3) is 0 Å². The Hall–Kier alpha value is -2.14. The first-order chi connectivity index (χ1) is 14.4. The van der Waals surface area contributed by atoms with E-state index in [1.165, 1.54) is 18.2 Å². The molecule has 6 nitrogen and oxygen atoms in total. The highest BCUT2D eigenvalue weighted by Crippen LogP contribution is 2.37. The molecule has 1 aliphatic heterocycles. The number of carbonyl (C=O) groups excluding carboxylic acids is 1. The van der Waals surface area contributed by atoms with Gasteiger partial charge in [0.1, 0.15) is 11.6 Å². The molecule has 0 spiro atoms. The minimum Gasteiger partial charge on any atom is -0.399 e. The van der Waals surface area contributed by atoms with Crippen molar-refractivity contribution in [3.05, 3.63) is 64.7 Å². The zero-order valence-electron chi connectivity index (χ0n) is 17.7. The molecule has 10 heteroatoms. The summed E-state index contributed by atoms with van der Waals surface area (Å²) in [5, 5.41) is 0. The van der Waals surface area contributed by atoms with E-state index in [2.05, 4.69) is 4.72 Å². The van der Waals surface area contributed by atoms with Crippen molar-refractivity contribution in [2.45, 2.75) is 45.3 Å². The van der Waals surface area contributed by atoms with Gasteiger partial charge in [-0.2, -0.15) is 0 Å². The summed E-state index contributed by atoms with van der Waals surface area (Å²) in [7, 11) is -3.74. The molecule has 0 saturated carbocycles. The van der Waals surface area contributed by atoms with E-state index in [-0.39, 0.29) is 29.7 Å². The minimum absolute atomic E-state index is 0.00366. The van der Waals surface area contributed by atoms with Crippen molar-refractivity contribution < 1.29 is 31.3 Å². The molecule has 3 rings (SSSR count). The van der Waals surface area contributed by atoms with Crippen LogP contribution in [0.15, 0.2) is 36.4 Å². The molecule has 1 saturated heterocycles. The van der Waals surface area contributed by atoms with Crippen LogP contribution in [0.1, 0.15) is 49.2 Å². The maximum atomic E-state index is 14.8. The summed E-state index contributed by atoms with van der Waals surface area (Å²) in [6.07, 6.45) is 0.0761. The summed E-state index contributed by atoms with van der Waals surface area (Å²) in [6, 6.07) is 7.52. The topological polar surface area (TPSA) is 81.7 Å². The first kappa shape index (κ1) is 23.5. The highest BCUT2D eigenvalue weighted by atomic mass is 32.2. The average molecular weight is 451 g/mol. The van der Waals surface area contributed by atoms with Crippen LogP contribution in [-0.2, 0) is 26.6 Å². The van der Waals surface area contributed by atoms with Crippen molar-refractivity contribution in [3.8, 4) is 0 Å². The van der Waals surface area contributed by atoms with E-state index in [4.69, 9.17) is 9.31 Å². The van der Waals surface area contributed by atoms with E-state index in [0.29, 0.717) is 5.46 Å². The Morgan fingerprint density at radius 1 is 1.03 bits per heavy atom. The highest BCUT2D eigenvalue weighted by molar-refractivity contribution is 7.70. The number of nitrogens with one attached hydrogen (secondary N) is 1. The molecule has 1 aliphatic rings. The Morgan fingerprint density at radius 3 is 2.16 bits per heavy atom. The lowest BCUT2D eigenvalue weighted by molar-refractivity contribution is 0.00578. The van der Waals surface area contributed by atoms with Gasteiger partial charge in [-0.25, -0.2) is 21.9 Å². The predicted octanol–water partition coefficient (Wildman–Crippen LogP) is 2.15. The highest BCUT2D eigenvalue weighted by Gasteiger charge is 2.52. The Morgan fingerprint density at radius 2 is 1.61 bits per heavy atom. The molecule has 31 heavy (non-hydrogen) atoms. The predicted molar refractivity (Wildman–Crippen MR) is 114 cm³/mol. The number of benzene rings is 2. The minimum atomic E-state index is -2.80. The van der Waals surface area contributed by atoms with Gasteiger partial charge in [-0.1, -0.05) is 6.07 Å². The van der Waals surface area contributed by atoms with Crippen molar-refractivity contribution >= 4 is 29.3 Å². The van der Waals surface area contributed by atoms with Gasteiger partial charge in [0, 0.05) is 17.7 Å². The third-order valence-corrected chi connectivity index (χ3v) is 6.19. The summed E-state index contributed by atoms with van der Waals surface area (Å²) in [6.45, 7) is 7.42. The van der Waals surface area contributed by atoms with Gasteiger partial charge in [0.05, 0.1) is 11.2 Å². The monoisotopic (exact) mass is 451 g/mol. The molecule has 2 aromatic carbocycles. The van der Waals surface area contributed by atoms with Gasteiger partial charge >= 0.3 is 7.12 Å². The summed E-state index contributed by atoms with van der Waals surface area (Å²) < 4.78 is 63.9. The Bertz CT molecular complexity index is 1050. The molecule has 0 unspecified atom stereocenters. The second-order valence-corrected chi connectivity index (χ2v) is 9.20. The Balaban J connectivity index is 2.05. The molecule has 1 N–H and O–H groups in total. The molecule has 1 fully saturated rings. The van der Waals surface area contributed by atoms with E-state index in [9.17, 15) is 22.0 Å². The van der Waals surface area contributed by atoms with Crippen LogP contribution in [0.4, 0.5) is 8.78 Å². The Labute approximate surface area is 182 Å². The van der Waals surface area contributed by atoms with Gasteiger partial charge in [0.15, 0.2) is 5.78 Å². The lowest BCUT2D eigenvalue weighted by atomic mass is 9.73. The van der Waals surface area contributed by atoms with Crippen molar-refractivity contribution in [1.29, 1.82) is 0 Å². The maximum absolute atomic E-state index is 14.8. The fourth-order valence-electron chi connectivity index (χ4n) is 3.23. The van der Waals surface area contributed by atoms with Crippen molar-refractivity contribution in [1.82, 2.24) is 4.72 Å². The summed E-state index contributed by atoms with van der Waals surface area (Å²) in [5.41, 5.74) is -0.610. The fraction of sp³-hybridized carbons (Fsp3) is 0.381. The van der Waals surface area contributed by atoms with Gasteiger partial charge in [-0.05, 0) is 75.5 Å². The van der Waals surface area contributed by atoms with Crippen LogP contribution in [0.2, 0.25) is 0 Å². The molecular weight excluding hydrogens is 427 g/mol. The second kappa shape index (κ2) is 8.78. The smallest absolute Gasteiger partial charge is 0.399 e. The molecule has 1 heterocycles. The van der Waals surface area contributed by atoms with Crippen LogP contribution < -0.4 is 10.2 Å². The third-order valence-electron chi connectivity index (χ3n) is 5.71. The second-order valence-electron chi connectivity index (χ2n) is 8.37. The van der Waals surface area contributed by atoms with Crippen LogP contribution >= 0.6 is 0 Å². The first-order valence-electron chi connectivity index (χ1n) is 9.77. The zero-order valence-corrected chi connectivity index (χ0v) is 18.6. The molecule has 0 amide bonds. The maximum Gasteiger partial charge on any atom is 0.495 e. The molecule has 0 aromatic heterocycles. The number of thiol groups is 1. The first-order valence-corrected chi connectivity index (χ1v) is 10.9. The van der Waals surface area contributed by atoms with E-state index >= 15 is 0 Å². The number of rotatable bonds is 7. The van der Waals surface area contributed by atoms with Gasteiger partial charge < -0.3 is 9.31 Å². The quantitative estimate of drug-likeness (QED) is 0.383. The van der Waals surface area contributed by atoms with Gasteiger partial charge in [0.2, 0.25) is 10.9 Å². The number of halogens is 2. The summed E-state index contributed by atoms with van der Waals surface area (Å²) in [4.78, 5) is 13.1. The summed E-state index contributed by atoms with van der Waals surface area (Å²) >= 11 is 0. The van der Waals surface area contributed by atoms with Crippen LogP contribution in [0, 0.1) is 11.6 Å². The molecule has 2 aromatic rings. The molecule has 0 bridgehead atoms. The summed E-state index contributed by atoms with van der Waals surface area (Å²) in [5.74, 6) is -1.65. The third kappa shape index (κ3) is 5.03. The van der Waals surface area contributed by atoms with Crippen molar-refractivity contribution in [3.63, 3.8) is 0 Å². The van der Waals surface area contributed by atoms with Crippen molar-refractivity contribution in [2.24, 2.45) is 0 Å². The van der Waals surface area contributed by atoms with Gasteiger partial charge in [-0.3, -0.25) is 4.79 Å². The zero-order chi connectivity index (χ0) is 23.0. The van der Waals surface area contributed by atoms with Crippen LogP contribution in [0.5, 0.6) is 0 Å². The number of carbonyl (C=O) groups is 1. The van der Waals surface area contributed by atoms with E-state index in [0.717, 1.165) is 18.2 Å². The largest absolute Gasteiger partial charge is 0.495 e. The number of ketones is 1. The number of hydrogen-bond acceptors (Lipinski definition) is 5. The molecule has 166 valence electrons. The average Bonchev–Trinajstić information content (AvgIpc) is 2.89. The fourth-order valence-corrected chi connectivity index (χ4v) is 3.52. The molecule has 0 aliphatic carbocycles. The van der Waals surface area contributed by atoms with Crippen LogP contribution in [-0.4, -0.2) is 39.1 Å². The van der Waals surface area contributed by atoms with Crippen LogP contribution in [0.3, 0.4) is 0 Å². The lowest BCUT2D eigenvalue weighted by Crippen LogP contribution is -2.41. The molecule has 0 atom stereocenters. The van der Waals surface area contributed by atoms with E-state index in [1.807, 2.05) is 27.7 Å². The normalized spacial score (nSPS) is 17.3. The molecule has 0 radical (unpaired) electrons.